The van der Waals surface area contributed by atoms with E-state index >= 15 is 0 Å². The monoisotopic (exact) mass is 296 g/mol. The number of methoxy groups -OCH3 is 1. The Hall–Kier alpha value is -1.42. The van der Waals surface area contributed by atoms with Gasteiger partial charge in [0.25, 0.3) is 0 Å². The Morgan fingerprint density at radius 2 is 2.15 bits per heavy atom. The highest BCUT2D eigenvalue weighted by Crippen LogP contribution is 2.51. The molecule has 20 heavy (non-hydrogen) atoms. The predicted octanol–water partition coefficient (Wildman–Crippen LogP) is 3.25. The Bertz CT molecular complexity index is 547. The Kier molecular flexibility index (Phi) is 3.28. The van der Waals surface area contributed by atoms with Gasteiger partial charge in [-0.05, 0) is 49.3 Å². The van der Waals surface area contributed by atoms with E-state index in [1.807, 2.05) is 0 Å². The van der Waals surface area contributed by atoms with Crippen molar-refractivity contribution in [3.8, 4) is 11.5 Å². The van der Waals surface area contributed by atoms with E-state index in [1.54, 1.807) is 19.2 Å². The summed E-state index contributed by atoms with van der Waals surface area (Å²) in [5.41, 5.74) is -0.0861. The molecule has 5 heteroatoms. The highest BCUT2D eigenvalue weighted by atomic mass is 35.5. The van der Waals surface area contributed by atoms with Gasteiger partial charge in [-0.25, -0.2) is 0 Å². The maximum atomic E-state index is 11.4. The largest absolute Gasteiger partial charge is 0.493 e. The van der Waals surface area contributed by atoms with Gasteiger partial charge in [-0.3, -0.25) is 4.79 Å². The molecule has 0 aromatic heterocycles. The molecule has 0 unspecified atom stereocenters. The zero-order valence-corrected chi connectivity index (χ0v) is 12.1. The predicted molar refractivity (Wildman–Crippen MR) is 74.8 cm³/mol. The fraction of sp³-hybridized carbons (Fsp3) is 0.533. The molecular formula is C15H17ClO4. The molecule has 0 amide bonds. The van der Waals surface area contributed by atoms with Crippen LogP contribution in [0.3, 0.4) is 0 Å². The second-order valence-electron chi connectivity index (χ2n) is 5.63. The first-order valence-corrected chi connectivity index (χ1v) is 7.19. The molecule has 1 aromatic rings. The number of carboxylic acids is 1. The molecule has 0 atom stereocenters. The number of hydrogen-bond donors (Lipinski definition) is 1. The van der Waals surface area contributed by atoms with Gasteiger partial charge < -0.3 is 14.6 Å². The third-order valence-electron chi connectivity index (χ3n) is 4.10. The minimum absolute atomic E-state index is 0.424. The molecule has 0 heterocycles. The molecule has 3 rings (SSSR count). The van der Waals surface area contributed by atoms with E-state index in [0.717, 1.165) is 0 Å². The Balaban J connectivity index is 1.90. The zero-order chi connectivity index (χ0) is 14.3. The molecule has 1 aromatic carbocycles. The molecule has 108 valence electrons. The van der Waals surface area contributed by atoms with Gasteiger partial charge in [-0.15, -0.1) is 0 Å². The van der Waals surface area contributed by atoms with Crippen LogP contribution in [-0.2, 0) is 10.2 Å². The first kappa shape index (κ1) is 13.6. The molecular weight excluding hydrogens is 280 g/mol. The molecule has 2 fully saturated rings. The number of aliphatic carboxylic acids is 1. The van der Waals surface area contributed by atoms with Crippen molar-refractivity contribution in [3.63, 3.8) is 0 Å². The summed E-state index contributed by atoms with van der Waals surface area (Å²) in [4.78, 5) is 11.4. The van der Waals surface area contributed by atoms with Crippen molar-refractivity contribution in [2.75, 3.05) is 13.7 Å². The van der Waals surface area contributed by atoms with E-state index in [4.69, 9.17) is 21.1 Å². The Morgan fingerprint density at radius 1 is 1.45 bits per heavy atom. The molecule has 0 radical (unpaired) electrons. The lowest BCUT2D eigenvalue weighted by Gasteiger charge is -2.17. The van der Waals surface area contributed by atoms with Crippen molar-refractivity contribution >= 4 is 17.6 Å². The maximum absolute atomic E-state index is 11.4. The lowest BCUT2D eigenvalue weighted by atomic mass is 9.96. The molecule has 0 aliphatic heterocycles. The van der Waals surface area contributed by atoms with Crippen molar-refractivity contribution in [3.05, 3.63) is 22.7 Å². The van der Waals surface area contributed by atoms with Crippen molar-refractivity contribution < 1.29 is 19.4 Å². The average Bonchev–Trinajstić information content (AvgIpc) is 3.28. The number of benzene rings is 1. The van der Waals surface area contributed by atoms with Crippen LogP contribution in [0.25, 0.3) is 0 Å². The summed E-state index contributed by atoms with van der Waals surface area (Å²) in [6, 6.07) is 3.45. The fourth-order valence-electron chi connectivity index (χ4n) is 2.37. The number of carboxylic acid groups (broad SMARTS) is 1. The van der Waals surface area contributed by atoms with Crippen LogP contribution in [0.1, 0.15) is 31.2 Å². The summed E-state index contributed by atoms with van der Waals surface area (Å²) < 4.78 is 11.0. The number of ether oxygens (including phenoxy) is 2. The van der Waals surface area contributed by atoms with Crippen LogP contribution in [0.4, 0.5) is 0 Å². The third-order valence-corrected chi connectivity index (χ3v) is 4.38. The quantitative estimate of drug-likeness (QED) is 0.875. The van der Waals surface area contributed by atoms with Gasteiger partial charge in [-0.1, -0.05) is 11.6 Å². The Labute approximate surface area is 122 Å². The molecule has 2 aliphatic carbocycles. The zero-order valence-electron chi connectivity index (χ0n) is 11.3. The molecule has 0 saturated heterocycles. The van der Waals surface area contributed by atoms with Crippen LogP contribution in [0, 0.1) is 5.92 Å². The lowest BCUT2D eigenvalue weighted by Crippen LogP contribution is -2.19. The van der Waals surface area contributed by atoms with Crippen molar-refractivity contribution in [1.82, 2.24) is 0 Å². The molecule has 1 N–H and O–H groups in total. The van der Waals surface area contributed by atoms with E-state index in [0.29, 0.717) is 47.5 Å². The third kappa shape index (κ3) is 2.33. The fourth-order valence-corrected chi connectivity index (χ4v) is 2.64. The highest BCUT2D eigenvalue weighted by molar-refractivity contribution is 6.32. The minimum Gasteiger partial charge on any atom is -0.493 e. The Morgan fingerprint density at radius 3 is 2.65 bits per heavy atom. The second-order valence-corrected chi connectivity index (χ2v) is 6.04. The second kappa shape index (κ2) is 4.85. The van der Waals surface area contributed by atoms with Crippen molar-refractivity contribution in [2.24, 2.45) is 5.92 Å². The van der Waals surface area contributed by atoms with Crippen LogP contribution in [0.2, 0.25) is 5.02 Å². The van der Waals surface area contributed by atoms with Gasteiger partial charge in [0.1, 0.15) is 0 Å². The number of carbonyl (C=O) groups is 1. The van der Waals surface area contributed by atoms with Crippen LogP contribution >= 0.6 is 11.6 Å². The molecule has 0 bridgehead atoms. The average molecular weight is 297 g/mol. The van der Waals surface area contributed by atoms with Gasteiger partial charge in [-0.2, -0.15) is 0 Å². The first-order chi connectivity index (χ1) is 9.56. The van der Waals surface area contributed by atoms with E-state index in [1.165, 1.54) is 12.8 Å². The van der Waals surface area contributed by atoms with Crippen LogP contribution in [0.15, 0.2) is 12.1 Å². The summed E-state index contributed by atoms with van der Waals surface area (Å²) in [6.07, 6.45) is 3.68. The van der Waals surface area contributed by atoms with Crippen LogP contribution < -0.4 is 9.47 Å². The van der Waals surface area contributed by atoms with Crippen molar-refractivity contribution in [2.45, 2.75) is 31.1 Å². The normalized spacial score (nSPS) is 19.5. The van der Waals surface area contributed by atoms with Crippen molar-refractivity contribution in [1.29, 1.82) is 0 Å². The topological polar surface area (TPSA) is 55.8 Å². The molecule has 2 saturated carbocycles. The summed E-state index contributed by atoms with van der Waals surface area (Å²) in [5, 5.41) is 9.77. The molecule has 2 aliphatic rings. The van der Waals surface area contributed by atoms with Gasteiger partial charge >= 0.3 is 5.97 Å². The highest BCUT2D eigenvalue weighted by Gasteiger charge is 2.52. The van der Waals surface area contributed by atoms with E-state index < -0.39 is 11.4 Å². The molecule has 0 spiro atoms. The van der Waals surface area contributed by atoms with Gasteiger partial charge in [0.05, 0.1) is 24.2 Å². The van der Waals surface area contributed by atoms with Gasteiger partial charge in [0, 0.05) is 0 Å². The first-order valence-electron chi connectivity index (χ1n) is 6.81. The summed E-state index contributed by atoms with van der Waals surface area (Å²) in [5.74, 6) is 0.846. The van der Waals surface area contributed by atoms with E-state index in [9.17, 15) is 9.90 Å². The minimum atomic E-state index is -0.803. The van der Waals surface area contributed by atoms with Crippen LogP contribution in [0.5, 0.6) is 11.5 Å². The summed E-state index contributed by atoms with van der Waals surface area (Å²) >= 11 is 6.26. The maximum Gasteiger partial charge on any atom is 0.314 e. The van der Waals surface area contributed by atoms with Gasteiger partial charge in [0.15, 0.2) is 11.5 Å². The number of hydrogen-bond acceptors (Lipinski definition) is 3. The summed E-state index contributed by atoms with van der Waals surface area (Å²) in [7, 11) is 1.54. The lowest BCUT2D eigenvalue weighted by molar-refractivity contribution is -0.140. The van der Waals surface area contributed by atoms with E-state index in [-0.39, 0.29) is 0 Å². The summed E-state index contributed by atoms with van der Waals surface area (Å²) in [6.45, 7) is 0.638. The van der Waals surface area contributed by atoms with Crippen LogP contribution in [-0.4, -0.2) is 24.8 Å². The van der Waals surface area contributed by atoms with Gasteiger partial charge in [0.2, 0.25) is 0 Å². The number of rotatable bonds is 6. The standard InChI is InChI=1S/C15H17ClO4/c1-19-12-7-10(15(4-5-15)14(17)18)6-11(16)13(12)20-8-9-2-3-9/h6-7,9H,2-5,8H2,1H3,(H,17,18). The number of halogens is 1. The molecule has 4 nitrogen and oxygen atoms in total. The van der Waals surface area contributed by atoms with E-state index in [2.05, 4.69) is 0 Å². The SMILES string of the molecule is COc1cc(C2(C(=O)O)CC2)cc(Cl)c1OCC1CC1. The smallest absolute Gasteiger partial charge is 0.314 e.